The van der Waals surface area contributed by atoms with Crippen LogP contribution in [0.15, 0.2) is 55.4 Å². The third-order valence-electron chi connectivity index (χ3n) is 2.54. The average Bonchev–Trinajstić information content (AvgIpc) is 2.78. The van der Waals surface area contributed by atoms with Gasteiger partial charge >= 0.3 is 0 Å². The highest BCUT2D eigenvalue weighted by Gasteiger charge is 2.08. The largest absolute Gasteiger partial charge is 0.327 e. The van der Waals surface area contributed by atoms with E-state index in [0.717, 1.165) is 11.4 Å². The van der Waals surface area contributed by atoms with Crippen molar-refractivity contribution >= 4 is 5.78 Å². The van der Waals surface area contributed by atoms with Crippen LogP contribution in [0.2, 0.25) is 0 Å². The minimum absolute atomic E-state index is 0.0916. The quantitative estimate of drug-likeness (QED) is 0.580. The first-order valence-corrected chi connectivity index (χ1v) is 5.50. The van der Waals surface area contributed by atoms with E-state index >= 15 is 0 Å². The van der Waals surface area contributed by atoms with Gasteiger partial charge in [0, 0.05) is 24.4 Å². The van der Waals surface area contributed by atoms with E-state index in [1.54, 1.807) is 12.3 Å². The zero-order valence-corrected chi connectivity index (χ0v) is 9.54. The van der Waals surface area contributed by atoms with Crippen LogP contribution in [0.1, 0.15) is 16.2 Å². The number of carbonyl (C=O) groups excluding carboxylic acids is 1. The molecule has 0 aliphatic carbocycles. The molecule has 0 bridgehead atoms. The summed E-state index contributed by atoms with van der Waals surface area (Å²) in [6.07, 6.45) is 5.98. The van der Waals surface area contributed by atoms with Crippen molar-refractivity contribution in [1.29, 1.82) is 0 Å². The van der Waals surface area contributed by atoms with Gasteiger partial charge in [0.2, 0.25) is 0 Å². The summed E-state index contributed by atoms with van der Waals surface area (Å²) in [6, 6.07) is 9.29. The zero-order valence-electron chi connectivity index (χ0n) is 9.54. The molecule has 3 nitrogen and oxygen atoms in total. The molecular formula is C14H14N2O. The number of nitrogens with zero attached hydrogens (tertiary/aromatic N) is 2. The monoisotopic (exact) mass is 226 g/mol. The SMILES string of the molecule is C=CCc1nccn1CC(=O)c1ccccc1. The third kappa shape index (κ3) is 2.69. The lowest BCUT2D eigenvalue weighted by Gasteiger charge is -2.05. The number of aromatic nitrogens is 2. The highest BCUT2D eigenvalue weighted by atomic mass is 16.1. The van der Waals surface area contributed by atoms with E-state index in [-0.39, 0.29) is 5.78 Å². The van der Waals surface area contributed by atoms with Gasteiger partial charge in [0.1, 0.15) is 5.82 Å². The number of imidazole rings is 1. The molecule has 0 saturated carbocycles. The van der Waals surface area contributed by atoms with E-state index in [9.17, 15) is 4.79 Å². The van der Waals surface area contributed by atoms with Crippen LogP contribution in [-0.2, 0) is 13.0 Å². The van der Waals surface area contributed by atoms with E-state index in [2.05, 4.69) is 11.6 Å². The van der Waals surface area contributed by atoms with Crippen molar-refractivity contribution < 1.29 is 4.79 Å². The summed E-state index contributed by atoms with van der Waals surface area (Å²) in [7, 11) is 0. The van der Waals surface area contributed by atoms with Crippen LogP contribution >= 0.6 is 0 Å². The normalized spacial score (nSPS) is 10.1. The molecule has 0 amide bonds. The molecule has 0 aliphatic rings. The molecule has 0 atom stereocenters. The highest BCUT2D eigenvalue weighted by Crippen LogP contribution is 2.05. The predicted molar refractivity (Wildman–Crippen MR) is 66.9 cm³/mol. The Balaban J connectivity index is 2.13. The lowest BCUT2D eigenvalue weighted by atomic mass is 10.1. The Bertz CT molecular complexity index is 514. The summed E-state index contributed by atoms with van der Waals surface area (Å²) in [4.78, 5) is 16.2. The molecule has 0 aliphatic heterocycles. The van der Waals surface area contributed by atoms with Crippen LogP contribution in [-0.4, -0.2) is 15.3 Å². The van der Waals surface area contributed by atoms with Crippen molar-refractivity contribution in [2.24, 2.45) is 0 Å². The van der Waals surface area contributed by atoms with Crippen LogP contribution in [0, 0.1) is 0 Å². The van der Waals surface area contributed by atoms with E-state index in [1.165, 1.54) is 0 Å². The van der Waals surface area contributed by atoms with Gasteiger partial charge in [0.15, 0.2) is 5.78 Å². The molecule has 1 aromatic carbocycles. The second kappa shape index (κ2) is 5.25. The van der Waals surface area contributed by atoms with Gasteiger partial charge < -0.3 is 4.57 Å². The lowest BCUT2D eigenvalue weighted by molar-refractivity contribution is 0.0971. The minimum Gasteiger partial charge on any atom is -0.327 e. The Labute approximate surface area is 100 Å². The summed E-state index contributed by atoms with van der Waals surface area (Å²) in [5.41, 5.74) is 0.728. The molecule has 1 heterocycles. The Morgan fingerprint density at radius 1 is 1.35 bits per heavy atom. The maximum absolute atomic E-state index is 12.0. The van der Waals surface area contributed by atoms with Crippen molar-refractivity contribution in [2.45, 2.75) is 13.0 Å². The Kier molecular flexibility index (Phi) is 3.50. The molecule has 1 aromatic heterocycles. The van der Waals surface area contributed by atoms with Crippen LogP contribution in [0.25, 0.3) is 0 Å². The molecular weight excluding hydrogens is 212 g/mol. The number of hydrogen-bond acceptors (Lipinski definition) is 2. The molecule has 17 heavy (non-hydrogen) atoms. The Hall–Kier alpha value is -2.16. The summed E-state index contributed by atoms with van der Waals surface area (Å²) in [5, 5.41) is 0. The van der Waals surface area contributed by atoms with Gasteiger partial charge in [-0.1, -0.05) is 36.4 Å². The first-order chi connectivity index (χ1) is 8.31. The predicted octanol–water partition coefficient (Wildman–Crippen LogP) is 2.49. The number of carbonyl (C=O) groups is 1. The minimum atomic E-state index is 0.0916. The van der Waals surface area contributed by atoms with Crippen LogP contribution in [0.3, 0.4) is 0 Å². The number of ketones is 1. The number of hydrogen-bond donors (Lipinski definition) is 0. The van der Waals surface area contributed by atoms with E-state index < -0.39 is 0 Å². The zero-order chi connectivity index (χ0) is 12.1. The van der Waals surface area contributed by atoms with Crippen LogP contribution < -0.4 is 0 Å². The van der Waals surface area contributed by atoms with Gasteiger partial charge in [0.05, 0.1) is 6.54 Å². The fourth-order valence-corrected chi connectivity index (χ4v) is 1.67. The van der Waals surface area contributed by atoms with Crippen LogP contribution in [0.5, 0.6) is 0 Å². The fraction of sp³-hybridized carbons (Fsp3) is 0.143. The summed E-state index contributed by atoms with van der Waals surface area (Å²) in [5.74, 6) is 0.957. The number of benzene rings is 1. The Morgan fingerprint density at radius 3 is 2.82 bits per heavy atom. The molecule has 0 unspecified atom stereocenters. The van der Waals surface area contributed by atoms with Gasteiger partial charge in [-0.25, -0.2) is 4.98 Å². The molecule has 0 radical (unpaired) electrons. The Morgan fingerprint density at radius 2 is 2.12 bits per heavy atom. The molecule has 0 fully saturated rings. The molecule has 3 heteroatoms. The van der Waals surface area contributed by atoms with Crippen molar-refractivity contribution in [3.05, 3.63) is 66.8 Å². The van der Waals surface area contributed by atoms with Gasteiger partial charge in [-0.2, -0.15) is 0 Å². The van der Waals surface area contributed by atoms with E-state index in [4.69, 9.17) is 0 Å². The molecule has 0 spiro atoms. The molecule has 0 saturated heterocycles. The summed E-state index contributed by atoms with van der Waals surface area (Å²) < 4.78 is 1.86. The van der Waals surface area contributed by atoms with Crippen molar-refractivity contribution in [3.8, 4) is 0 Å². The first-order valence-electron chi connectivity index (χ1n) is 5.50. The smallest absolute Gasteiger partial charge is 0.182 e. The van der Waals surface area contributed by atoms with Gasteiger partial charge in [-0.15, -0.1) is 6.58 Å². The fourth-order valence-electron chi connectivity index (χ4n) is 1.67. The maximum Gasteiger partial charge on any atom is 0.182 e. The topological polar surface area (TPSA) is 34.9 Å². The second-order valence-electron chi connectivity index (χ2n) is 3.75. The van der Waals surface area contributed by atoms with E-state index in [0.29, 0.717) is 13.0 Å². The standard InChI is InChI=1S/C14H14N2O/c1-2-6-14-15-9-10-16(14)11-13(17)12-7-4-3-5-8-12/h2-5,7-10H,1,6,11H2. The molecule has 2 rings (SSSR count). The number of allylic oxidation sites excluding steroid dienone is 1. The molecule has 0 N–H and O–H groups in total. The van der Waals surface area contributed by atoms with Crippen molar-refractivity contribution in [3.63, 3.8) is 0 Å². The van der Waals surface area contributed by atoms with Gasteiger partial charge in [-0.05, 0) is 0 Å². The lowest BCUT2D eigenvalue weighted by Crippen LogP contribution is -2.12. The summed E-state index contributed by atoms with van der Waals surface area (Å²) >= 11 is 0. The highest BCUT2D eigenvalue weighted by molar-refractivity contribution is 5.95. The van der Waals surface area contributed by atoms with E-state index in [1.807, 2.05) is 41.1 Å². The third-order valence-corrected chi connectivity index (χ3v) is 2.54. The second-order valence-corrected chi connectivity index (χ2v) is 3.75. The number of rotatable bonds is 5. The van der Waals surface area contributed by atoms with Gasteiger partial charge in [-0.3, -0.25) is 4.79 Å². The summed E-state index contributed by atoms with van der Waals surface area (Å²) in [6.45, 7) is 4.00. The number of Topliss-reactive ketones (excluding diaryl/α,β-unsaturated/α-hetero) is 1. The van der Waals surface area contributed by atoms with Crippen molar-refractivity contribution in [2.75, 3.05) is 0 Å². The average molecular weight is 226 g/mol. The molecule has 2 aromatic rings. The van der Waals surface area contributed by atoms with Crippen molar-refractivity contribution in [1.82, 2.24) is 9.55 Å². The first kappa shape index (κ1) is 11.3. The molecule has 86 valence electrons. The van der Waals surface area contributed by atoms with Crippen LogP contribution in [0.4, 0.5) is 0 Å². The maximum atomic E-state index is 12.0. The van der Waals surface area contributed by atoms with Gasteiger partial charge in [0.25, 0.3) is 0 Å².